The van der Waals surface area contributed by atoms with Crippen LogP contribution in [0, 0.1) is 0 Å². The van der Waals surface area contributed by atoms with Gasteiger partial charge in [0.1, 0.15) is 18.2 Å². The van der Waals surface area contributed by atoms with Crippen molar-refractivity contribution < 1.29 is 13.9 Å². The Bertz CT molecular complexity index is 1060. The quantitative estimate of drug-likeness (QED) is 0.526. The summed E-state index contributed by atoms with van der Waals surface area (Å²) in [5.41, 5.74) is 1.89. The van der Waals surface area contributed by atoms with Gasteiger partial charge >= 0.3 is 0 Å². The number of nitrogens with zero attached hydrogens (tertiary/aromatic N) is 2. The number of fused-ring (bicyclic) bond motifs is 1. The number of rotatable bonds is 7. The van der Waals surface area contributed by atoms with Crippen LogP contribution in [0.3, 0.4) is 0 Å². The Balaban J connectivity index is 1.55. The summed E-state index contributed by atoms with van der Waals surface area (Å²) in [6.07, 6.45) is 1.48. The first-order chi connectivity index (χ1) is 13.7. The van der Waals surface area contributed by atoms with E-state index >= 15 is 0 Å². The number of nitrogens with one attached hydrogen (secondary N) is 1. The fourth-order valence-corrected chi connectivity index (χ4v) is 3.17. The van der Waals surface area contributed by atoms with Gasteiger partial charge in [0, 0.05) is 0 Å². The third-order valence-corrected chi connectivity index (χ3v) is 4.49. The summed E-state index contributed by atoms with van der Waals surface area (Å²) < 4.78 is 13.1. The maximum absolute atomic E-state index is 12.3. The van der Waals surface area contributed by atoms with Crippen LogP contribution in [0.15, 0.2) is 77.4 Å². The summed E-state index contributed by atoms with van der Waals surface area (Å²) in [5, 5.41) is 2.95. The second kappa shape index (κ2) is 8.00. The van der Waals surface area contributed by atoms with Crippen molar-refractivity contribution >= 4 is 16.9 Å². The second-order valence-corrected chi connectivity index (χ2v) is 6.44. The van der Waals surface area contributed by atoms with Crippen molar-refractivity contribution in [3.8, 4) is 5.75 Å². The van der Waals surface area contributed by atoms with Crippen LogP contribution in [0.1, 0.15) is 29.3 Å². The SMILES string of the molecule is C[C@@H](NC(=O)c1ccco1)c1nc2ccccc2n1CCOc1ccccc1. The van der Waals surface area contributed by atoms with E-state index in [2.05, 4.69) is 9.88 Å². The van der Waals surface area contributed by atoms with E-state index in [-0.39, 0.29) is 17.7 Å². The molecule has 1 atom stereocenters. The Morgan fingerprint density at radius 2 is 1.89 bits per heavy atom. The maximum Gasteiger partial charge on any atom is 0.287 e. The van der Waals surface area contributed by atoms with Gasteiger partial charge in [-0.15, -0.1) is 0 Å². The zero-order valence-corrected chi connectivity index (χ0v) is 15.5. The number of para-hydroxylation sites is 3. The predicted molar refractivity (Wildman–Crippen MR) is 106 cm³/mol. The van der Waals surface area contributed by atoms with E-state index in [4.69, 9.17) is 14.1 Å². The van der Waals surface area contributed by atoms with Crippen LogP contribution in [0.4, 0.5) is 0 Å². The highest BCUT2D eigenvalue weighted by molar-refractivity contribution is 5.91. The summed E-state index contributed by atoms with van der Waals surface area (Å²) in [5.74, 6) is 1.61. The van der Waals surface area contributed by atoms with Gasteiger partial charge in [0.2, 0.25) is 0 Å². The van der Waals surface area contributed by atoms with E-state index in [1.165, 1.54) is 6.26 Å². The number of aromatic nitrogens is 2. The highest BCUT2D eigenvalue weighted by Crippen LogP contribution is 2.21. The smallest absolute Gasteiger partial charge is 0.287 e. The number of hydrogen-bond acceptors (Lipinski definition) is 4. The number of benzene rings is 2. The van der Waals surface area contributed by atoms with Crippen LogP contribution in [-0.4, -0.2) is 22.1 Å². The summed E-state index contributed by atoms with van der Waals surface area (Å²) in [6.45, 7) is 3.03. The molecule has 2 aromatic carbocycles. The Labute approximate surface area is 162 Å². The molecule has 0 radical (unpaired) electrons. The first-order valence-electron chi connectivity index (χ1n) is 9.20. The van der Waals surface area contributed by atoms with Crippen molar-refractivity contribution in [3.63, 3.8) is 0 Å². The van der Waals surface area contributed by atoms with E-state index in [0.717, 1.165) is 22.6 Å². The molecule has 4 aromatic rings. The standard InChI is InChI=1S/C22H21N3O3/c1-16(23-22(26)20-12-7-14-28-20)21-24-18-10-5-6-11-19(18)25(21)13-15-27-17-8-3-2-4-9-17/h2-12,14,16H,13,15H2,1H3,(H,23,26)/t16-/m1/s1. The van der Waals surface area contributed by atoms with E-state index in [0.29, 0.717) is 13.2 Å². The average molecular weight is 375 g/mol. The Kier molecular flexibility index (Phi) is 5.10. The molecule has 1 amide bonds. The molecule has 0 aliphatic rings. The number of amides is 1. The van der Waals surface area contributed by atoms with Gasteiger partial charge in [0.25, 0.3) is 5.91 Å². The number of furan rings is 1. The summed E-state index contributed by atoms with van der Waals surface area (Å²) in [4.78, 5) is 17.1. The lowest BCUT2D eigenvalue weighted by atomic mass is 10.3. The van der Waals surface area contributed by atoms with Crippen molar-refractivity contribution in [2.45, 2.75) is 19.5 Å². The fraction of sp³-hybridized carbons (Fsp3) is 0.182. The van der Waals surface area contributed by atoms with Gasteiger partial charge in [-0.25, -0.2) is 4.98 Å². The van der Waals surface area contributed by atoms with Crippen LogP contribution >= 0.6 is 0 Å². The van der Waals surface area contributed by atoms with Gasteiger partial charge in [-0.2, -0.15) is 0 Å². The van der Waals surface area contributed by atoms with Crippen molar-refractivity contribution in [2.75, 3.05) is 6.61 Å². The third kappa shape index (κ3) is 3.76. The summed E-state index contributed by atoms with van der Waals surface area (Å²) in [6, 6.07) is 20.7. The fourth-order valence-electron chi connectivity index (χ4n) is 3.17. The minimum Gasteiger partial charge on any atom is -0.492 e. The number of carbonyl (C=O) groups is 1. The Morgan fingerprint density at radius 1 is 1.11 bits per heavy atom. The molecule has 2 heterocycles. The summed E-state index contributed by atoms with van der Waals surface area (Å²) in [7, 11) is 0. The molecular formula is C22H21N3O3. The molecule has 28 heavy (non-hydrogen) atoms. The molecular weight excluding hydrogens is 354 g/mol. The number of imidazole rings is 1. The van der Waals surface area contributed by atoms with Gasteiger partial charge < -0.3 is 19.0 Å². The average Bonchev–Trinajstić information content (AvgIpc) is 3.37. The summed E-state index contributed by atoms with van der Waals surface area (Å²) >= 11 is 0. The van der Waals surface area contributed by atoms with E-state index < -0.39 is 0 Å². The largest absolute Gasteiger partial charge is 0.492 e. The third-order valence-electron chi connectivity index (χ3n) is 4.49. The zero-order chi connectivity index (χ0) is 19.3. The number of ether oxygens (including phenoxy) is 1. The minimum absolute atomic E-state index is 0.267. The molecule has 0 saturated heterocycles. The topological polar surface area (TPSA) is 69.3 Å². The molecule has 0 spiro atoms. The van der Waals surface area contributed by atoms with E-state index in [9.17, 15) is 4.79 Å². The van der Waals surface area contributed by atoms with Gasteiger partial charge in [0.05, 0.1) is 29.9 Å². The number of carbonyl (C=O) groups excluding carboxylic acids is 1. The Hall–Kier alpha value is -3.54. The lowest BCUT2D eigenvalue weighted by Crippen LogP contribution is -2.28. The molecule has 0 aliphatic heterocycles. The van der Waals surface area contributed by atoms with Crippen LogP contribution in [0.5, 0.6) is 5.75 Å². The molecule has 0 unspecified atom stereocenters. The Morgan fingerprint density at radius 3 is 2.68 bits per heavy atom. The first-order valence-corrected chi connectivity index (χ1v) is 9.20. The number of hydrogen-bond donors (Lipinski definition) is 1. The molecule has 142 valence electrons. The molecule has 1 N–H and O–H groups in total. The van der Waals surface area contributed by atoms with Gasteiger partial charge in [-0.1, -0.05) is 30.3 Å². The van der Waals surface area contributed by atoms with Gasteiger partial charge in [-0.3, -0.25) is 4.79 Å². The van der Waals surface area contributed by atoms with E-state index in [1.807, 2.05) is 61.5 Å². The van der Waals surface area contributed by atoms with Crippen LogP contribution in [0.2, 0.25) is 0 Å². The molecule has 0 bridgehead atoms. The minimum atomic E-state index is -0.290. The van der Waals surface area contributed by atoms with Gasteiger partial charge in [-0.05, 0) is 43.3 Å². The van der Waals surface area contributed by atoms with Crippen molar-refractivity contribution in [1.29, 1.82) is 0 Å². The van der Waals surface area contributed by atoms with Crippen molar-refractivity contribution in [3.05, 3.63) is 84.6 Å². The molecule has 0 aliphatic carbocycles. The van der Waals surface area contributed by atoms with Crippen LogP contribution in [0.25, 0.3) is 11.0 Å². The molecule has 0 fully saturated rings. The maximum atomic E-state index is 12.3. The monoisotopic (exact) mass is 375 g/mol. The van der Waals surface area contributed by atoms with Gasteiger partial charge in [0.15, 0.2) is 5.76 Å². The molecule has 0 saturated carbocycles. The molecule has 2 aromatic heterocycles. The van der Waals surface area contributed by atoms with Crippen molar-refractivity contribution in [2.24, 2.45) is 0 Å². The molecule has 4 rings (SSSR count). The second-order valence-electron chi connectivity index (χ2n) is 6.44. The lowest BCUT2D eigenvalue weighted by molar-refractivity contribution is 0.0909. The normalized spacial score (nSPS) is 12.0. The van der Waals surface area contributed by atoms with Crippen LogP contribution in [-0.2, 0) is 6.54 Å². The highest BCUT2D eigenvalue weighted by atomic mass is 16.5. The molecule has 6 heteroatoms. The predicted octanol–water partition coefficient (Wildman–Crippen LogP) is 4.20. The van der Waals surface area contributed by atoms with Crippen molar-refractivity contribution in [1.82, 2.24) is 14.9 Å². The zero-order valence-electron chi connectivity index (χ0n) is 15.5. The lowest BCUT2D eigenvalue weighted by Gasteiger charge is -2.16. The first kappa shape index (κ1) is 17.9. The molecule has 6 nitrogen and oxygen atoms in total. The van der Waals surface area contributed by atoms with E-state index in [1.54, 1.807) is 12.1 Å². The van der Waals surface area contributed by atoms with Crippen LogP contribution < -0.4 is 10.1 Å². The highest BCUT2D eigenvalue weighted by Gasteiger charge is 2.20.